The molecule has 3 N–H and O–H groups in total. The van der Waals surface area contributed by atoms with E-state index in [9.17, 15) is 9.59 Å². The van der Waals surface area contributed by atoms with Gasteiger partial charge in [0.25, 0.3) is 0 Å². The van der Waals surface area contributed by atoms with Crippen molar-refractivity contribution in [2.75, 3.05) is 19.6 Å². The molecular formula is C13H24N4O3. The van der Waals surface area contributed by atoms with E-state index >= 15 is 0 Å². The minimum absolute atomic E-state index is 0.161. The van der Waals surface area contributed by atoms with Crippen molar-refractivity contribution in [2.45, 2.75) is 39.7 Å². The SMILES string of the molecule is CCNC(=O)NC(=O)C(C)N1CCC(=NO)C(CC)C1. The molecule has 20 heavy (non-hydrogen) atoms. The Kier molecular flexibility index (Phi) is 6.44. The Labute approximate surface area is 119 Å². The van der Waals surface area contributed by atoms with Gasteiger partial charge >= 0.3 is 6.03 Å². The molecule has 0 spiro atoms. The number of nitrogens with one attached hydrogen (secondary N) is 2. The summed E-state index contributed by atoms with van der Waals surface area (Å²) in [5.74, 6) is -0.149. The first-order valence-electron chi connectivity index (χ1n) is 7.07. The van der Waals surface area contributed by atoms with Crippen molar-refractivity contribution in [3.05, 3.63) is 0 Å². The van der Waals surface area contributed by atoms with E-state index in [1.54, 1.807) is 13.8 Å². The lowest BCUT2D eigenvalue weighted by Crippen LogP contribution is -2.53. The van der Waals surface area contributed by atoms with Gasteiger partial charge in [-0.05, 0) is 20.3 Å². The minimum atomic E-state index is -0.467. The summed E-state index contributed by atoms with van der Waals surface area (Å²) in [5, 5.41) is 17.1. The maximum Gasteiger partial charge on any atom is 0.321 e. The molecule has 0 aromatic carbocycles. The van der Waals surface area contributed by atoms with E-state index < -0.39 is 6.03 Å². The zero-order valence-electron chi connectivity index (χ0n) is 12.3. The van der Waals surface area contributed by atoms with Gasteiger partial charge in [0.05, 0.1) is 11.8 Å². The van der Waals surface area contributed by atoms with E-state index in [0.717, 1.165) is 12.1 Å². The molecule has 7 nitrogen and oxygen atoms in total. The molecule has 0 aromatic heterocycles. The predicted molar refractivity (Wildman–Crippen MR) is 75.9 cm³/mol. The summed E-state index contributed by atoms with van der Waals surface area (Å²) in [4.78, 5) is 25.3. The molecule has 1 aliphatic rings. The van der Waals surface area contributed by atoms with Gasteiger partial charge in [-0.15, -0.1) is 0 Å². The second-order valence-electron chi connectivity index (χ2n) is 4.97. The number of piperidine rings is 1. The van der Waals surface area contributed by atoms with Crippen LogP contribution in [0.2, 0.25) is 0 Å². The number of likely N-dealkylation sites (tertiary alicyclic amines) is 1. The summed E-state index contributed by atoms with van der Waals surface area (Å²) in [5.41, 5.74) is 0.792. The molecule has 1 rings (SSSR count). The largest absolute Gasteiger partial charge is 0.411 e. The Hall–Kier alpha value is -1.63. The van der Waals surface area contributed by atoms with Crippen LogP contribution in [0.5, 0.6) is 0 Å². The van der Waals surface area contributed by atoms with Gasteiger partial charge in [0.15, 0.2) is 0 Å². The normalized spacial score (nSPS) is 23.4. The van der Waals surface area contributed by atoms with Crippen LogP contribution in [-0.2, 0) is 4.79 Å². The predicted octanol–water partition coefficient (Wildman–Crippen LogP) is 0.783. The fourth-order valence-corrected chi connectivity index (χ4v) is 2.38. The van der Waals surface area contributed by atoms with Crippen LogP contribution in [0.15, 0.2) is 5.16 Å². The quantitative estimate of drug-likeness (QED) is 0.525. The van der Waals surface area contributed by atoms with Crippen LogP contribution in [0.4, 0.5) is 4.79 Å². The minimum Gasteiger partial charge on any atom is -0.411 e. The number of carbonyl (C=O) groups excluding carboxylic acids is 2. The Bertz CT molecular complexity index is 384. The number of urea groups is 1. The fourth-order valence-electron chi connectivity index (χ4n) is 2.38. The first kappa shape index (κ1) is 16.4. The van der Waals surface area contributed by atoms with E-state index in [1.807, 2.05) is 11.8 Å². The Morgan fingerprint density at radius 3 is 2.75 bits per heavy atom. The number of nitrogens with zero attached hydrogens (tertiary/aromatic N) is 2. The molecule has 0 aliphatic carbocycles. The Morgan fingerprint density at radius 2 is 2.20 bits per heavy atom. The van der Waals surface area contributed by atoms with E-state index in [0.29, 0.717) is 26.1 Å². The van der Waals surface area contributed by atoms with Gasteiger partial charge < -0.3 is 10.5 Å². The van der Waals surface area contributed by atoms with E-state index in [2.05, 4.69) is 15.8 Å². The van der Waals surface area contributed by atoms with Gasteiger partial charge in [-0.1, -0.05) is 12.1 Å². The van der Waals surface area contributed by atoms with E-state index in [4.69, 9.17) is 5.21 Å². The number of oxime groups is 1. The molecule has 0 bridgehead atoms. The number of amides is 3. The maximum absolute atomic E-state index is 12.0. The number of carbonyl (C=O) groups is 2. The highest BCUT2D eigenvalue weighted by atomic mass is 16.4. The third kappa shape index (κ3) is 4.19. The van der Waals surface area contributed by atoms with Gasteiger partial charge in [0.1, 0.15) is 0 Å². The van der Waals surface area contributed by atoms with Gasteiger partial charge in [-0.2, -0.15) is 0 Å². The highest BCUT2D eigenvalue weighted by molar-refractivity contribution is 5.97. The molecule has 0 saturated carbocycles. The third-order valence-corrected chi connectivity index (χ3v) is 3.70. The van der Waals surface area contributed by atoms with Crippen LogP contribution in [0.3, 0.4) is 0 Å². The highest BCUT2D eigenvalue weighted by Crippen LogP contribution is 2.19. The van der Waals surface area contributed by atoms with Crippen LogP contribution in [0, 0.1) is 5.92 Å². The lowest BCUT2D eigenvalue weighted by molar-refractivity contribution is -0.125. The molecule has 2 atom stereocenters. The zero-order valence-corrected chi connectivity index (χ0v) is 12.3. The number of imide groups is 1. The fraction of sp³-hybridized carbons (Fsp3) is 0.769. The average Bonchev–Trinajstić information content (AvgIpc) is 2.45. The van der Waals surface area contributed by atoms with Crippen LogP contribution >= 0.6 is 0 Å². The first-order valence-corrected chi connectivity index (χ1v) is 7.07. The molecule has 1 saturated heterocycles. The van der Waals surface area contributed by atoms with Crippen molar-refractivity contribution in [3.8, 4) is 0 Å². The second-order valence-corrected chi connectivity index (χ2v) is 4.97. The summed E-state index contributed by atoms with van der Waals surface area (Å²) >= 11 is 0. The smallest absolute Gasteiger partial charge is 0.321 e. The van der Waals surface area contributed by atoms with Gasteiger partial charge in [-0.3, -0.25) is 15.0 Å². The summed E-state index contributed by atoms with van der Waals surface area (Å²) < 4.78 is 0. The van der Waals surface area contributed by atoms with Crippen molar-refractivity contribution >= 4 is 17.6 Å². The van der Waals surface area contributed by atoms with Crippen molar-refractivity contribution in [3.63, 3.8) is 0 Å². The van der Waals surface area contributed by atoms with Crippen LogP contribution < -0.4 is 10.6 Å². The second kappa shape index (κ2) is 7.84. The number of hydrogen-bond donors (Lipinski definition) is 3. The van der Waals surface area contributed by atoms with Crippen molar-refractivity contribution in [1.29, 1.82) is 0 Å². The lowest BCUT2D eigenvalue weighted by Gasteiger charge is -2.35. The van der Waals surface area contributed by atoms with Crippen LogP contribution in [0.1, 0.15) is 33.6 Å². The monoisotopic (exact) mass is 284 g/mol. The Morgan fingerprint density at radius 1 is 1.50 bits per heavy atom. The lowest BCUT2D eigenvalue weighted by atomic mass is 9.92. The van der Waals surface area contributed by atoms with Crippen LogP contribution in [0.25, 0.3) is 0 Å². The van der Waals surface area contributed by atoms with Crippen LogP contribution in [-0.4, -0.2) is 53.4 Å². The van der Waals surface area contributed by atoms with Gasteiger partial charge in [0, 0.05) is 32.0 Å². The first-order chi connectivity index (χ1) is 9.53. The van der Waals surface area contributed by atoms with Crippen molar-refractivity contribution < 1.29 is 14.8 Å². The molecule has 114 valence electrons. The summed E-state index contributed by atoms with van der Waals surface area (Å²) in [7, 11) is 0. The number of hydrogen-bond acceptors (Lipinski definition) is 5. The Balaban J connectivity index is 2.57. The van der Waals surface area contributed by atoms with Gasteiger partial charge in [-0.25, -0.2) is 4.79 Å². The molecule has 1 aliphatic heterocycles. The third-order valence-electron chi connectivity index (χ3n) is 3.70. The van der Waals surface area contributed by atoms with E-state index in [-0.39, 0.29) is 17.9 Å². The maximum atomic E-state index is 12.0. The van der Waals surface area contributed by atoms with Gasteiger partial charge in [0.2, 0.25) is 5.91 Å². The summed E-state index contributed by atoms with van der Waals surface area (Å²) in [6.07, 6.45) is 1.51. The molecule has 1 fully saturated rings. The summed E-state index contributed by atoms with van der Waals surface area (Å²) in [6, 6.07) is -0.849. The van der Waals surface area contributed by atoms with Crippen molar-refractivity contribution in [2.24, 2.45) is 11.1 Å². The zero-order chi connectivity index (χ0) is 15.1. The standard InChI is InChI=1S/C13H24N4O3/c1-4-10-8-17(7-6-11(10)16-20)9(3)12(18)15-13(19)14-5-2/h9-10,20H,4-8H2,1-3H3,(H2,14,15,18,19). The summed E-state index contributed by atoms with van der Waals surface area (Å²) in [6.45, 7) is 7.39. The van der Waals surface area contributed by atoms with E-state index in [1.165, 1.54) is 0 Å². The molecule has 7 heteroatoms. The molecule has 0 radical (unpaired) electrons. The molecule has 3 amide bonds. The average molecular weight is 284 g/mol. The molecule has 1 heterocycles. The topological polar surface area (TPSA) is 94.0 Å². The molecular weight excluding hydrogens is 260 g/mol. The highest BCUT2D eigenvalue weighted by Gasteiger charge is 2.30. The van der Waals surface area contributed by atoms with Crippen molar-refractivity contribution in [1.82, 2.24) is 15.5 Å². The molecule has 0 aromatic rings. The molecule has 2 unspecified atom stereocenters. The number of rotatable bonds is 4.